The Hall–Kier alpha value is -3.37. The number of nitrogens with zero attached hydrogens (tertiary/aromatic N) is 2. The molecule has 1 aliphatic heterocycles. The minimum absolute atomic E-state index is 0.0521. The smallest absolute Gasteiger partial charge is 0.450 e. The van der Waals surface area contributed by atoms with Crippen molar-refractivity contribution >= 4 is 32.6 Å². The van der Waals surface area contributed by atoms with Gasteiger partial charge in [0, 0.05) is 37.2 Å². The lowest BCUT2D eigenvalue weighted by Gasteiger charge is -2.36. The lowest BCUT2D eigenvalue weighted by atomic mass is 10.00. The third-order valence-corrected chi connectivity index (χ3v) is 7.00. The van der Waals surface area contributed by atoms with E-state index >= 15 is 0 Å². The molecular formula is C27H21BrF4N2O3. The van der Waals surface area contributed by atoms with E-state index in [0.717, 1.165) is 0 Å². The summed E-state index contributed by atoms with van der Waals surface area (Å²) in [7, 11) is 0. The summed E-state index contributed by atoms with van der Waals surface area (Å²) < 4.78 is 62.5. The Balaban J connectivity index is 1.52. The molecule has 5 rings (SSSR count). The van der Waals surface area contributed by atoms with Crippen molar-refractivity contribution < 1.29 is 27.1 Å². The normalized spacial score (nSPS) is 14.9. The number of hydrogen-bond acceptors (Lipinski definition) is 5. The first-order valence-electron chi connectivity index (χ1n) is 11.5. The summed E-state index contributed by atoms with van der Waals surface area (Å²) in [5, 5.41) is 10.5. The molecule has 3 aromatic carbocycles. The number of halogens is 5. The maximum absolute atomic E-state index is 14.2. The summed E-state index contributed by atoms with van der Waals surface area (Å²) in [6, 6.07) is 14.9. The molecular weight excluding hydrogens is 556 g/mol. The summed E-state index contributed by atoms with van der Waals surface area (Å²) in [4.78, 5) is 17.2. The lowest BCUT2D eigenvalue weighted by Crippen LogP contribution is -2.46. The largest absolute Gasteiger partial charge is 0.507 e. The van der Waals surface area contributed by atoms with E-state index in [9.17, 15) is 27.5 Å². The van der Waals surface area contributed by atoms with Gasteiger partial charge in [0.1, 0.15) is 17.1 Å². The van der Waals surface area contributed by atoms with Crippen LogP contribution in [0.15, 0.2) is 74.3 Å². The Kier molecular flexibility index (Phi) is 6.72. The molecule has 0 unspecified atom stereocenters. The Morgan fingerprint density at radius 2 is 1.62 bits per heavy atom. The summed E-state index contributed by atoms with van der Waals surface area (Å²) in [6.07, 6.45) is -4.94. The van der Waals surface area contributed by atoms with Crippen LogP contribution in [0.4, 0.5) is 23.2 Å². The van der Waals surface area contributed by atoms with Crippen LogP contribution in [0.1, 0.15) is 11.3 Å². The van der Waals surface area contributed by atoms with Gasteiger partial charge in [-0.05, 0) is 42.0 Å². The molecule has 192 valence electrons. The van der Waals surface area contributed by atoms with Crippen molar-refractivity contribution in [2.75, 3.05) is 31.1 Å². The number of anilines is 1. The molecule has 0 amide bonds. The standard InChI is InChI=1S/C27H21BrF4N2O3/c28-17-7-5-16(6-8-17)23-24(36)18-9-10-22(35)19(25(18)37-26(23)27(30,31)32)15-33-11-13-34(14-12-33)21-4-2-1-3-20(21)29/h1-10,35H,11-15H2. The van der Waals surface area contributed by atoms with Gasteiger partial charge in [-0.3, -0.25) is 9.69 Å². The number of fused-ring (bicyclic) bond motifs is 1. The van der Waals surface area contributed by atoms with Gasteiger partial charge in [0.05, 0.1) is 22.2 Å². The van der Waals surface area contributed by atoms with Crippen LogP contribution in [0.25, 0.3) is 22.1 Å². The Labute approximate surface area is 217 Å². The van der Waals surface area contributed by atoms with E-state index < -0.39 is 22.9 Å². The number of aromatic hydroxyl groups is 1. The Bertz CT molecular complexity index is 1510. The minimum atomic E-state index is -4.94. The number of hydrogen-bond donors (Lipinski definition) is 1. The van der Waals surface area contributed by atoms with E-state index in [1.807, 2.05) is 9.80 Å². The molecule has 1 N–H and O–H groups in total. The molecule has 5 nitrogen and oxygen atoms in total. The van der Waals surface area contributed by atoms with Gasteiger partial charge < -0.3 is 14.4 Å². The van der Waals surface area contributed by atoms with E-state index in [0.29, 0.717) is 36.3 Å². The molecule has 0 radical (unpaired) electrons. The monoisotopic (exact) mass is 576 g/mol. The average Bonchev–Trinajstić information content (AvgIpc) is 2.86. The third kappa shape index (κ3) is 4.95. The van der Waals surface area contributed by atoms with Crippen molar-refractivity contribution in [3.63, 3.8) is 0 Å². The van der Waals surface area contributed by atoms with Crippen LogP contribution in [0.2, 0.25) is 0 Å². The number of para-hydroxylation sites is 1. The van der Waals surface area contributed by atoms with E-state index in [1.165, 1.54) is 30.3 Å². The highest BCUT2D eigenvalue weighted by molar-refractivity contribution is 9.10. The number of phenolic OH excluding ortho intramolecular Hbond substituents is 1. The maximum Gasteiger partial charge on any atom is 0.450 e. The maximum atomic E-state index is 14.2. The van der Waals surface area contributed by atoms with Crippen molar-refractivity contribution in [1.82, 2.24) is 4.90 Å². The first-order chi connectivity index (χ1) is 17.6. The highest BCUT2D eigenvalue weighted by Crippen LogP contribution is 2.39. The van der Waals surface area contributed by atoms with Crippen molar-refractivity contribution in [3.8, 4) is 16.9 Å². The van der Waals surface area contributed by atoms with Gasteiger partial charge in [-0.2, -0.15) is 13.2 Å². The van der Waals surface area contributed by atoms with E-state index in [4.69, 9.17) is 4.42 Å². The van der Waals surface area contributed by atoms with Gasteiger partial charge >= 0.3 is 6.18 Å². The molecule has 0 spiro atoms. The molecule has 0 saturated carbocycles. The molecule has 1 aliphatic rings. The molecule has 1 aromatic heterocycles. The topological polar surface area (TPSA) is 56.9 Å². The van der Waals surface area contributed by atoms with Crippen LogP contribution in [0.5, 0.6) is 5.75 Å². The van der Waals surface area contributed by atoms with Crippen LogP contribution >= 0.6 is 15.9 Å². The first kappa shape index (κ1) is 25.3. The molecule has 37 heavy (non-hydrogen) atoms. The molecule has 10 heteroatoms. The summed E-state index contributed by atoms with van der Waals surface area (Å²) in [6.45, 7) is 1.97. The predicted molar refractivity (Wildman–Crippen MR) is 136 cm³/mol. The summed E-state index contributed by atoms with van der Waals surface area (Å²) in [5.74, 6) is -2.01. The summed E-state index contributed by atoms with van der Waals surface area (Å²) >= 11 is 3.24. The lowest BCUT2D eigenvalue weighted by molar-refractivity contribution is -0.152. The number of benzene rings is 3. The van der Waals surface area contributed by atoms with Gasteiger partial charge in [0.25, 0.3) is 0 Å². The van der Waals surface area contributed by atoms with Crippen LogP contribution < -0.4 is 10.3 Å². The highest BCUT2D eigenvalue weighted by atomic mass is 79.9. The molecule has 0 bridgehead atoms. The first-order valence-corrected chi connectivity index (χ1v) is 12.3. The average molecular weight is 577 g/mol. The minimum Gasteiger partial charge on any atom is -0.507 e. The molecule has 0 aliphatic carbocycles. The second-order valence-corrected chi connectivity index (χ2v) is 9.71. The zero-order chi connectivity index (χ0) is 26.3. The highest BCUT2D eigenvalue weighted by Gasteiger charge is 2.40. The van der Waals surface area contributed by atoms with Crippen LogP contribution in [0.3, 0.4) is 0 Å². The second kappa shape index (κ2) is 9.83. The molecule has 0 atom stereocenters. The fourth-order valence-corrected chi connectivity index (χ4v) is 4.88. The molecule has 4 aromatic rings. The van der Waals surface area contributed by atoms with Crippen molar-refractivity contribution in [2.24, 2.45) is 0 Å². The third-order valence-electron chi connectivity index (χ3n) is 6.48. The SMILES string of the molecule is O=c1c(-c2ccc(Br)cc2)c(C(F)(F)F)oc2c(CN3CCN(c4ccccc4F)CC3)c(O)ccc12. The molecule has 1 saturated heterocycles. The van der Waals surface area contributed by atoms with Gasteiger partial charge in [-0.1, -0.05) is 40.2 Å². The van der Waals surface area contributed by atoms with E-state index in [-0.39, 0.29) is 40.2 Å². The zero-order valence-electron chi connectivity index (χ0n) is 19.4. The van der Waals surface area contributed by atoms with Crippen LogP contribution in [0, 0.1) is 5.82 Å². The van der Waals surface area contributed by atoms with Gasteiger partial charge in [-0.25, -0.2) is 4.39 Å². The Morgan fingerprint density at radius 1 is 0.946 bits per heavy atom. The zero-order valence-corrected chi connectivity index (χ0v) is 20.9. The van der Waals surface area contributed by atoms with E-state index in [1.54, 1.807) is 30.3 Å². The van der Waals surface area contributed by atoms with Crippen LogP contribution in [-0.2, 0) is 12.7 Å². The van der Waals surface area contributed by atoms with Crippen molar-refractivity contribution in [2.45, 2.75) is 12.7 Å². The number of alkyl halides is 3. The van der Waals surface area contributed by atoms with Crippen molar-refractivity contribution in [1.29, 1.82) is 0 Å². The summed E-state index contributed by atoms with van der Waals surface area (Å²) in [5.41, 5.74) is -1.05. The second-order valence-electron chi connectivity index (χ2n) is 8.79. The van der Waals surface area contributed by atoms with Gasteiger partial charge in [0.15, 0.2) is 0 Å². The number of rotatable bonds is 4. The van der Waals surface area contributed by atoms with E-state index in [2.05, 4.69) is 15.9 Å². The number of phenols is 1. The fourth-order valence-electron chi connectivity index (χ4n) is 4.61. The Morgan fingerprint density at radius 3 is 2.27 bits per heavy atom. The van der Waals surface area contributed by atoms with Crippen LogP contribution in [-0.4, -0.2) is 36.2 Å². The van der Waals surface area contributed by atoms with Crippen molar-refractivity contribution in [3.05, 3.63) is 92.5 Å². The number of piperazine rings is 1. The molecule has 2 heterocycles. The van der Waals surface area contributed by atoms with Gasteiger partial charge in [-0.15, -0.1) is 0 Å². The molecule has 1 fully saturated rings. The quantitative estimate of drug-likeness (QED) is 0.285. The predicted octanol–water partition coefficient (Wildman–Crippen LogP) is 6.41. The fraction of sp³-hybridized carbons (Fsp3) is 0.222. The van der Waals surface area contributed by atoms with Gasteiger partial charge in [0.2, 0.25) is 11.2 Å².